The van der Waals surface area contributed by atoms with Gasteiger partial charge < -0.3 is 31.1 Å². The molecule has 0 aliphatic carbocycles. The molecule has 7 N–H and O–H groups in total. The quantitative estimate of drug-likeness (QED) is 0.217. The molecular weight excluding hydrogens is 540 g/mol. The zero-order chi connectivity index (χ0) is 32.9. The second-order valence-corrected chi connectivity index (χ2v) is 16.1. The predicted octanol–water partition coefficient (Wildman–Crippen LogP) is 3.77. The minimum absolute atomic E-state index is 0.0845. The maximum absolute atomic E-state index is 9.80. The average molecular weight is 603 g/mol. The number of aliphatic imine (C=N–C) groups is 2. The standard InChI is InChI=1S/2C9H19NO2.C9H19NO.C3H5N3O/c2*1-8(2)5-7(11)6-9(3,4)10(8)12;1-8(2)5-7(11)6-9(3,4)10-8;7-6-2-4-1-5-3-6/h2*7,11-12H,5-6H2,1-4H3;7,10-11H,5-6H2,1-4H3;1-2,7H,3H2. The normalized spacial score (nSPS) is 28.4. The molecule has 3 fully saturated rings. The Morgan fingerprint density at radius 1 is 0.571 bits per heavy atom. The highest BCUT2D eigenvalue weighted by molar-refractivity contribution is 5.72. The van der Waals surface area contributed by atoms with E-state index in [0.29, 0.717) is 32.4 Å². The van der Waals surface area contributed by atoms with Gasteiger partial charge in [-0.15, -0.1) is 0 Å². The second-order valence-electron chi connectivity index (χ2n) is 16.1. The van der Waals surface area contributed by atoms with E-state index in [1.54, 1.807) is 0 Å². The summed E-state index contributed by atoms with van der Waals surface area (Å²) in [5.41, 5.74) is -1.10. The summed E-state index contributed by atoms with van der Waals surface area (Å²) in [5.74, 6) is 0. The molecule has 12 heteroatoms. The van der Waals surface area contributed by atoms with E-state index in [2.05, 4.69) is 43.0 Å². The second kappa shape index (κ2) is 14.3. The first-order valence-corrected chi connectivity index (χ1v) is 15.0. The zero-order valence-electron chi connectivity index (χ0n) is 28.3. The molecule has 0 aromatic carbocycles. The van der Waals surface area contributed by atoms with Crippen molar-refractivity contribution in [2.24, 2.45) is 9.98 Å². The molecule has 3 saturated heterocycles. The summed E-state index contributed by atoms with van der Waals surface area (Å²) in [4.78, 5) is 7.13. The Hall–Kier alpha value is -1.22. The van der Waals surface area contributed by atoms with Gasteiger partial charge in [0, 0.05) is 33.2 Å². The molecule has 42 heavy (non-hydrogen) atoms. The Kier molecular flexibility index (Phi) is 13.2. The molecule has 0 amide bonds. The zero-order valence-corrected chi connectivity index (χ0v) is 28.3. The number of hydrogen-bond acceptors (Lipinski definition) is 12. The first-order valence-electron chi connectivity index (χ1n) is 15.0. The van der Waals surface area contributed by atoms with Crippen molar-refractivity contribution in [1.29, 1.82) is 0 Å². The van der Waals surface area contributed by atoms with Crippen molar-refractivity contribution in [3.8, 4) is 0 Å². The van der Waals surface area contributed by atoms with Crippen molar-refractivity contribution in [2.75, 3.05) is 6.67 Å². The predicted molar refractivity (Wildman–Crippen MR) is 166 cm³/mol. The van der Waals surface area contributed by atoms with Crippen molar-refractivity contribution < 1.29 is 30.9 Å². The first kappa shape index (κ1) is 38.8. The summed E-state index contributed by atoms with van der Waals surface area (Å²) in [5, 5.41) is 63.9. The third-order valence-electron chi connectivity index (χ3n) is 7.98. The Morgan fingerprint density at radius 2 is 0.881 bits per heavy atom. The SMILES string of the molecule is CC1(C)CC(O)CC(C)(C)N1.CC1(C)CC(O)CC(C)(C)N1O.CC1(C)CC(O)CC(C)(C)N1O.ON1C=NC=NC1. The summed E-state index contributed by atoms with van der Waals surface area (Å²) < 4.78 is 0. The fourth-order valence-electron chi connectivity index (χ4n) is 7.01. The lowest BCUT2D eigenvalue weighted by atomic mass is 9.80. The number of aliphatic hydroxyl groups excluding tert-OH is 3. The molecule has 0 bridgehead atoms. The van der Waals surface area contributed by atoms with Gasteiger partial charge in [-0.2, -0.15) is 10.1 Å². The first-order chi connectivity index (χ1) is 18.7. The lowest BCUT2D eigenvalue weighted by molar-refractivity contribution is -0.257. The van der Waals surface area contributed by atoms with Gasteiger partial charge in [-0.25, -0.2) is 15.0 Å². The lowest BCUT2D eigenvalue weighted by Crippen LogP contribution is -2.60. The molecule has 4 heterocycles. The highest BCUT2D eigenvalue weighted by Crippen LogP contribution is 2.37. The van der Waals surface area contributed by atoms with E-state index in [4.69, 9.17) is 5.21 Å². The van der Waals surface area contributed by atoms with Gasteiger partial charge in [0.1, 0.15) is 19.3 Å². The van der Waals surface area contributed by atoms with Crippen LogP contribution in [0.2, 0.25) is 0 Å². The average Bonchev–Trinajstić information content (AvgIpc) is 2.74. The minimum atomic E-state index is -0.318. The van der Waals surface area contributed by atoms with Crippen LogP contribution in [0.3, 0.4) is 0 Å². The van der Waals surface area contributed by atoms with Crippen LogP contribution in [-0.4, -0.2) is 117 Å². The summed E-state index contributed by atoms with van der Waals surface area (Å²) >= 11 is 0. The Labute approximate surface area is 254 Å². The third-order valence-corrected chi connectivity index (χ3v) is 7.98. The number of piperidine rings is 3. The van der Waals surface area contributed by atoms with Gasteiger partial charge >= 0.3 is 0 Å². The number of aliphatic hydroxyl groups is 3. The molecule has 0 radical (unpaired) electrons. The van der Waals surface area contributed by atoms with E-state index in [-0.39, 0.29) is 51.5 Å². The highest BCUT2D eigenvalue weighted by atomic mass is 16.5. The fraction of sp³-hybridized carbons (Fsp3) is 0.933. The van der Waals surface area contributed by atoms with Crippen LogP contribution in [0.15, 0.2) is 9.98 Å². The van der Waals surface area contributed by atoms with Crippen LogP contribution in [0.5, 0.6) is 0 Å². The Bertz CT molecular complexity index is 813. The highest BCUT2D eigenvalue weighted by Gasteiger charge is 2.45. The molecular formula is C30H62N6O6. The van der Waals surface area contributed by atoms with Crippen LogP contribution in [0, 0.1) is 0 Å². The van der Waals surface area contributed by atoms with E-state index >= 15 is 0 Å². The molecule has 0 saturated carbocycles. The smallest absolute Gasteiger partial charge is 0.138 e. The molecule has 0 spiro atoms. The number of rotatable bonds is 0. The van der Waals surface area contributed by atoms with Crippen molar-refractivity contribution in [2.45, 2.75) is 173 Å². The van der Waals surface area contributed by atoms with E-state index in [9.17, 15) is 25.7 Å². The van der Waals surface area contributed by atoms with Crippen molar-refractivity contribution in [3.63, 3.8) is 0 Å². The van der Waals surface area contributed by atoms with Gasteiger partial charge in [-0.1, -0.05) is 0 Å². The van der Waals surface area contributed by atoms with Crippen molar-refractivity contribution >= 4 is 12.7 Å². The number of hydroxylamine groups is 6. The van der Waals surface area contributed by atoms with Crippen LogP contribution in [0.25, 0.3) is 0 Å². The van der Waals surface area contributed by atoms with Crippen molar-refractivity contribution in [1.82, 2.24) is 20.5 Å². The molecule has 12 nitrogen and oxygen atoms in total. The fourth-order valence-corrected chi connectivity index (χ4v) is 7.01. The maximum Gasteiger partial charge on any atom is 0.138 e. The molecule has 4 aliphatic rings. The van der Waals surface area contributed by atoms with Gasteiger partial charge in [0.05, 0.1) is 18.3 Å². The largest absolute Gasteiger partial charge is 0.393 e. The van der Waals surface area contributed by atoms with Gasteiger partial charge in [0.25, 0.3) is 0 Å². The van der Waals surface area contributed by atoms with E-state index in [0.717, 1.165) is 17.9 Å². The Morgan fingerprint density at radius 3 is 1.10 bits per heavy atom. The summed E-state index contributed by atoms with van der Waals surface area (Å²) in [7, 11) is 0. The van der Waals surface area contributed by atoms with Gasteiger partial charge in [0.15, 0.2) is 0 Å². The molecule has 4 rings (SSSR count). The Balaban J connectivity index is 0.000000285. The molecule has 0 aromatic rings. The number of nitrogens with zero attached hydrogens (tertiary/aromatic N) is 5. The van der Waals surface area contributed by atoms with Crippen LogP contribution in [-0.2, 0) is 0 Å². The van der Waals surface area contributed by atoms with Gasteiger partial charge in [0.2, 0.25) is 0 Å². The van der Waals surface area contributed by atoms with Crippen molar-refractivity contribution in [3.05, 3.63) is 0 Å². The van der Waals surface area contributed by atoms with Gasteiger partial charge in [-0.3, -0.25) is 5.21 Å². The maximum atomic E-state index is 9.80. The summed E-state index contributed by atoms with van der Waals surface area (Å²) in [6.07, 6.45) is 6.21. The number of hydrogen-bond donors (Lipinski definition) is 7. The minimum Gasteiger partial charge on any atom is -0.393 e. The van der Waals surface area contributed by atoms with Crippen LogP contribution < -0.4 is 5.32 Å². The monoisotopic (exact) mass is 602 g/mol. The molecule has 0 atom stereocenters. The molecule has 0 unspecified atom stereocenters. The van der Waals surface area contributed by atoms with E-state index in [1.807, 2.05) is 55.4 Å². The summed E-state index contributed by atoms with van der Waals surface area (Å²) in [6, 6.07) is 0. The van der Waals surface area contributed by atoms with Gasteiger partial charge in [-0.05, 0) is 122 Å². The molecule has 4 aliphatic heterocycles. The van der Waals surface area contributed by atoms with Crippen LogP contribution in [0.4, 0.5) is 0 Å². The van der Waals surface area contributed by atoms with E-state index < -0.39 is 0 Å². The van der Waals surface area contributed by atoms with Crippen LogP contribution >= 0.6 is 0 Å². The molecule has 0 aromatic heterocycles. The van der Waals surface area contributed by atoms with Crippen LogP contribution in [0.1, 0.15) is 122 Å². The van der Waals surface area contributed by atoms with E-state index in [1.165, 1.54) is 22.8 Å². The summed E-state index contributed by atoms with van der Waals surface area (Å²) in [6.45, 7) is 24.4. The number of nitrogens with one attached hydrogen (secondary N) is 1. The third kappa shape index (κ3) is 12.4. The lowest BCUT2D eigenvalue weighted by Gasteiger charge is -2.50. The topological polar surface area (TPSA) is 168 Å². The molecule has 248 valence electrons.